The summed E-state index contributed by atoms with van der Waals surface area (Å²) < 4.78 is 1.80. The molecule has 0 bridgehead atoms. The van der Waals surface area contributed by atoms with Crippen LogP contribution in [-0.2, 0) is 24.3 Å². The summed E-state index contributed by atoms with van der Waals surface area (Å²) in [7, 11) is 4.09. The van der Waals surface area contributed by atoms with Crippen molar-refractivity contribution in [2.75, 3.05) is 14.1 Å². The number of nitrogens with one attached hydrogen (secondary N) is 1. The largest absolute Gasteiger partial charge is 0.352 e. The number of amides is 1. The normalized spacial score (nSPS) is 11.2. The second kappa shape index (κ2) is 9.65. The first-order valence-corrected chi connectivity index (χ1v) is 10.5. The molecule has 1 N–H and O–H groups in total. The molecule has 0 aliphatic rings. The zero-order valence-corrected chi connectivity index (χ0v) is 19.2. The van der Waals surface area contributed by atoms with Crippen LogP contribution >= 0.6 is 23.2 Å². The lowest BCUT2D eigenvalue weighted by molar-refractivity contribution is -0.120. The number of nitrogens with zero attached hydrogens (tertiary/aromatic N) is 3. The van der Waals surface area contributed by atoms with Gasteiger partial charge in [0, 0.05) is 24.3 Å². The number of aryl methyl sites for hydroxylation is 1. The molecule has 158 valence electrons. The van der Waals surface area contributed by atoms with Crippen molar-refractivity contribution >= 4 is 29.1 Å². The lowest BCUT2D eigenvalue weighted by Crippen LogP contribution is -2.25. The lowest BCUT2D eigenvalue weighted by Gasteiger charge is -2.11. The molecule has 0 spiro atoms. The Balaban J connectivity index is 1.65. The van der Waals surface area contributed by atoms with Crippen LogP contribution in [-0.4, -0.2) is 34.7 Å². The molecule has 3 rings (SSSR count). The summed E-state index contributed by atoms with van der Waals surface area (Å²) >= 11 is 12.2. The van der Waals surface area contributed by atoms with Crippen molar-refractivity contribution in [1.29, 1.82) is 0 Å². The molecule has 0 atom stereocenters. The Morgan fingerprint density at radius 1 is 1.03 bits per heavy atom. The number of rotatable bonds is 7. The topological polar surface area (TPSA) is 50.2 Å². The van der Waals surface area contributed by atoms with E-state index < -0.39 is 0 Å². The zero-order valence-electron chi connectivity index (χ0n) is 17.7. The molecular weight excluding hydrogens is 419 g/mol. The Hall–Kier alpha value is -2.34. The fourth-order valence-electron chi connectivity index (χ4n) is 3.35. The van der Waals surface area contributed by atoms with E-state index in [1.54, 1.807) is 16.8 Å². The van der Waals surface area contributed by atoms with Crippen molar-refractivity contribution in [3.8, 4) is 5.69 Å². The molecule has 0 radical (unpaired) electrons. The van der Waals surface area contributed by atoms with Gasteiger partial charge in [-0.3, -0.25) is 4.79 Å². The SMILES string of the molecule is Cc1nn(-c2ccc(Cl)c(Cl)c2)c(C)c1CC(=O)NCc1ccc(CN(C)C)cc1. The summed E-state index contributed by atoms with van der Waals surface area (Å²) in [5, 5.41) is 8.56. The van der Waals surface area contributed by atoms with Gasteiger partial charge in [0.15, 0.2) is 0 Å². The molecule has 0 unspecified atom stereocenters. The number of hydrogen-bond acceptors (Lipinski definition) is 3. The maximum Gasteiger partial charge on any atom is 0.224 e. The van der Waals surface area contributed by atoms with Crippen LogP contribution in [0.5, 0.6) is 0 Å². The van der Waals surface area contributed by atoms with Crippen LogP contribution in [0.3, 0.4) is 0 Å². The van der Waals surface area contributed by atoms with Crippen LogP contribution in [0.2, 0.25) is 10.0 Å². The molecule has 0 aliphatic carbocycles. The third kappa shape index (κ3) is 5.42. The molecule has 1 aromatic heterocycles. The maximum atomic E-state index is 12.6. The third-order valence-electron chi connectivity index (χ3n) is 4.94. The van der Waals surface area contributed by atoms with Gasteiger partial charge in [0.05, 0.1) is 27.8 Å². The van der Waals surface area contributed by atoms with Crippen LogP contribution in [0.15, 0.2) is 42.5 Å². The van der Waals surface area contributed by atoms with Gasteiger partial charge in [-0.1, -0.05) is 47.5 Å². The predicted molar refractivity (Wildman–Crippen MR) is 122 cm³/mol. The minimum atomic E-state index is -0.0349. The van der Waals surface area contributed by atoms with Crippen molar-refractivity contribution in [2.45, 2.75) is 33.4 Å². The summed E-state index contributed by atoms with van der Waals surface area (Å²) in [6, 6.07) is 13.7. The Kier molecular flexibility index (Phi) is 7.19. The van der Waals surface area contributed by atoms with E-state index in [-0.39, 0.29) is 12.3 Å². The van der Waals surface area contributed by atoms with Crippen molar-refractivity contribution in [3.63, 3.8) is 0 Å². The quantitative estimate of drug-likeness (QED) is 0.573. The van der Waals surface area contributed by atoms with E-state index in [0.29, 0.717) is 16.6 Å². The van der Waals surface area contributed by atoms with E-state index in [0.717, 1.165) is 34.7 Å². The standard InChI is InChI=1S/C23H26Cl2N4O/c1-15-20(16(2)29(27-15)19-9-10-21(24)22(25)11-19)12-23(30)26-13-17-5-7-18(8-6-17)14-28(3)4/h5-11H,12-14H2,1-4H3,(H,26,30). The number of benzene rings is 2. The predicted octanol–water partition coefficient (Wildman–Crippen LogP) is 4.72. The van der Waals surface area contributed by atoms with E-state index in [1.165, 1.54) is 5.56 Å². The fraction of sp³-hybridized carbons (Fsp3) is 0.304. The van der Waals surface area contributed by atoms with Gasteiger partial charge in [-0.15, -0.1) is 0 Å². The van der Waals surface area contributed by atoms with Crippen LogP contribution in [0.25, 0.3) is 5.69 Å². The van der Waals surface area contributed by atoms with Crippen LogP contribution in [0, 0.1) is 13.8 Å². The molecule has 0 fully saturated rings. The van der Waals surface area contributed by atoms with Gasteiger partial charge in [-0.25, -0.2) is 4.68 Å². The monoisotopic (exact) mass is 444 g/mol. The molecule has 5 nitrogen and oxygen atoms in total. The van der Waals surface area contributed by atoms with Gasteiger partial charge < -0.3 is 10.2 Å². The Bertz CT molecular complexity index is 1040. The summed E-state index contributed by atoms with van der Waals surface area (Å²) in [6.07, 6.45) is 0.275. The van der Waals surface area contributed by atoms with Gasteiger partial charge in [0.1, 0.15) is 0 Å². The van der Waals surface area contributed by atoms with E-state index >= 15 is 0 Å². The van der Waals surface area contributed by atoms with E-state index in [9.17, 15) is 4.79 Å². The van der Waals surface area contributed by atoms with Gasteiger partial charge in [0.25, 0.3) is 0 Å². The lowest BCUT2D eigenvalue weighted by atomic mass is 10.1. The highest BCUT2D eigenvalue weighted by molar-refractivity contribution is 6.42. The van der Waals surface area contributed by atoms with Crippen molar-refractivity contribution in [3.05, 3.63) is 80.6 Å². The summed E-state index contributed by atoms with van der Waals surface area (Å²) in [4.78, 5) is 14.7. The first-order chi connectivity index (χ1) is 14.2. The average Bonchev–Trinajstić information content (AvgIpc) is 2.97. The maximum absolute atomic E-state index is 12.6. The highest BCUT2D eigenvalue weighted by Crippen LogP contribution is 2.26. The number of carbonyl (C=O) groups excluding carboxylic acids is 1. The Morgan fingerprint density at radius 2 is 1.70 bits per heavy atom. The first-order valence-electron chi connectivity index (χ1n) is 9.74. The highest BCUT2D eigenvalue weighted by atomic mass is 35.5. The Morgan fingerprint density at radius 3 is 2.33 bits per heavy atom. The molecule has 3 aromatic rings. The van der Waals surface area contributed by atoms with Gasteiger partial charge >= 0.3 is 0 Å². The smallest absolute Gasteiger partial charge is 0.224 e. The zero-order chi connectivity index (χ0) is 21.8. The van der Waals surface area contributed by atoms with Crippen molar-refractivity contribution in [2.24, 2.45) is 0 Å². The second-order valence-electron chi connectivity index (χ2n) is 7.67. The second-order valence-corrected chi connectivity index (χ2v) is 8.48. The average molecular weight is 445 g/mol. The molecule has 0 saturated heterocycles. The highest BCUT2D eigenvalue weighted by Gasteiger charge is 2.16. The fourth-order valence-corrected chi connectivity index (χ4v) is 3.64. The van der Waals surface area contributed by atoms with E-state index in [4.69, 9.17) is 23.2 Å². The van der Waals surface area contributed by atoms with Gasteiger partial charge in [-0.05, 0) is 57.3 Å². The number of hydrogen-bond donors (Lipinski definition) is 1. The van der Waals surface area contributed by atoms with Crippen LogP contribution in [0.4, 0.5) is 0 Å². The number of halogens is 2. The van der Waals surface area contributed by atoms with E-state index in [1.807, 2.05) is 34.0 Å². The molecule has 1 heterocycles. The molecule has 2 aromatic carbocycles. The minimum Gasteiger partial charge on any atom is -0.352 e. The third-order valence-corrected chi connectivity index (χ3v) is 5.68. The number of carbonyl (C=O) groups is 1. The molecule has 0 saturated carbocycles. The summed E-state index contributed by atoms with van der Waals surface area (Å²) in [5.41, 5.74) is 5.78. The molecule has 7 heteroatoms. The van der Waals surface area contributed by atoms with Crippen molar-refractivity contribution in [1.82, 2.24) is 20.0 Å². The van der Waals surface area contributed by atoms with Crippen LogP contribution in [0.1, 0.15) is 28.1 Å². The van der Waals surface area contributed by atoms with Gasteiger partial charge in [0.2, 0.25) is 5.91 Å². The first kappa shape index (κ1) is 22.3. The Labute approximate surface area is 187 Å². The summed E-state index contributed by atoms with van der Waals surface area (Å²) in [6.45, 7) is 5.26. The van der Waals surface area contributed by atoms with Gasteiger partial charge in [-0.2, -0.15) is 5.10 Å². The minimum absolute atomic E-state index is 0.0349. The molecular formula is C23H26Cl2N4O. The van der Waals surface area contributed by atoms with Crippen molar-refractivity contribution < 1.29 is 4.79 Å². The van der Waals surface area contributed by atoms with Crippen LogP contribution < -0.4 is 5.32 Å². The summed E-state index contributed by atoms with van der Waals surface area (Å²) in [5.74, 6) is -0.0349. The molecule has 0 aliphatic heterocycles. The number of aromatic nitrogens is 2. The van der Waals surface area contributed by atoms with E-state index in [2.05, 4.69) is 39.6 Å². The molecule has 30 heavy (non-hydrogen) atoms. The molecule has 1 amide bonds.